The molecular weight excluding hydrogens is 317 g/mol. The van der Waals surface area contributed by atoms with E-state index < -0.39 is 0 Å². The maximum absolute atomic E-state index is 13.8. The third-order valence-electron chi connectivity index (χ3n) is 3.72. The lowest BCUT2D eigenvalue weighted by molar-refractivity contribution is 0.324. The summed E-state index contributed by atoms with van der Waals surface area (Å²) in [7, 11) is 5.18. The summed E-state index contributed by atoms with van der Waals surface area (Å²) in [4.78, 5) is 2.04. The van der Waals surface area contributed by atoms with E-state index >= 15 is 0 Å². The average molecular weight is 338 g/mol. The third-order valence-corrected chi connectivity index (χ3v) is 4.07. The smallest absolute Gasteiger partial charge is 0.160 e. The van der Waals surface area contributed by atoms with Gasteiger partial charge in [-0.3, -0.25) is 0 Å². The Morgan fingerprint density at radius 2 is 1.83 bits per heavy atom. The first-order valence-electron chi connectivity index (χ1n) is 7.37. The van der Waals surface area contributed by atoms with Gasteiger partial charge in [-0.2, -0.15) is 0 Å². The molecule has 0 bridgehead atoms. The molecule has 0 aliphatic rings. The molecule has 23 heavy (non-hydrogen) atoms. The standard InChI is InChI=1S/C18H21ClFNO2/c1-21(12-14-15(19)5-4-6-16(14)20)10-9-13-7-8-17(22-2)18(11-13)23-3/h4-8,11H,9-10,12H2,1-3H3. The minimum absolute atomic E-state index is 0.268. The van der Waals surface area contributed by atoms with E-state index in [2.05, 4.69) is 0 Å². The van der Waals surface area contributed by atoms with E-state index in [1.165, 1.54) is 6.07 Å². The number of halogens is 2. The van der Waals surface area contributed by atoms with Crippen molar-refractivity contribution in [1.29, 1.82) is 0 Å². The molecule has 0 spiro atoms. The maximum atomic E-state index is 13.8. The molecule has 2 aromatic carbocycles. The van der Waals surface area contributed by atoms with Crippen LogP contribution in [0.2, 0.25) is 5.02 Å². The second-order valence-electron chi connectivity index (χ2n) is 5.38. The normalized spacial score (nSPS) is 10.9. The van der Waals surface area contributed by atoms with Gasteiger partial charge < -0.3 is 14.4 Å². The van der Waals surface area contributed by atoms with Gasteiger partial charge in [-0.15, -0.1) is 0 Å². The lowest BCUT2D eigenvalue weighted by Crippen LogP contribution is -2.21. The minimum atomic E-state index is -0.268. The van der Waals surface area contributed by atoms with Crippen molar-refractivity contribution >= 4 is 11.6 Å². The molecule has 0 radical (unpaired) electrons. The zero-order chi connectivity index (χ0) is 16.8. The fraction of sp³-hybridized carbons (Fsp3) is 0.333. The van der Waals surface area contributed by atoms with Crippen molar-refractivity contribution in [2.75, 3.05) is 27.8 Å². The van der Waals surface area contributed by atoms with Gasteiger partial charge in [0.2, 0.25) is 0 Å². The molecule has 2 aromatic rings. The van der Waals surface area contributed by atoms with Crippen LogP contribution in [0, 0.1) is 5.82 Å². The molecule has 0 saturated carbocycles. The highest BCUT2D eigenvalue weighted by atomic mass is 35.5. The molecule has 0 N–H and O–H groups in total. The number of ether oxygens (including phenoxy) is 2. The molecule has 2 rings (SSSR count). The Bertz CT molecular complexity index is 643. The first kappa shape index (κ1) is 17.6. The lowest BCUT2D eigenvalue weighted by atomic mass is 10.1. The van der Waals surface area contributed by atoms with Crippen LogP contribution in [0.15, 0.2) is 36.4 Å². The number of hydrogen-bond acceptors (Lipinski definition) is 3. The Labute approximate surface area is 141 Å². The number of rotatable bonds is 7. The van der Waals surface area contributed by atoms with Crippen molar-refractivity contribution in [3.8, 4) is 11.5 Å². The van der Waals surface area contributed by atoms with Crippen LogP contribution in [0.1, 0.15) is 11.1 Å². The van der Waals surface area contributed by atoms with Crippen LogP contribution in [-0.2, 0) is 13.0 Å². The van der Waals surface area contributed by atoms with Gasteiger partial charge in [0.25, 0.3) is 0 Å². The second-order valence-corrected chi connectivity index (χ2v) is 5.78. The van der Waals surface area contributed by atoms with E-state index in [1.807, 2.05) is 30.1 Å². The third kappa shape index (κ3) is 4.60. The van der Waals surface area contributed by atoms with Crippen LogP contribution in [0.3, 0.4) is 0 Å². The summed E-state index contributed by atoms with van der Waals surface area (Å²) in [5, 5.41) is 0.461. The summed E-state index contributed by atoms with van der Waals surface area (Å²) < 4.78 is 24.4. The quantitative estimate of drug-likeness (QED) is 0.757. The molecule has 0 saturated heterocycles. The molecule has 0 unspecified atom stereocenters. The molecular formula is C18H21ClFNO2. The topological polar surface area (TPSA) is 21.7 Å². The molecule has 0 amide bonds. The summed E-state index contributed by atoms with van der Waals surface area (Å²) in [6.45, 7) is 1.25. The molecule has 3 nitrogen and oxygen atoms in total. The van der Waals surface area contributed by atoms with Crippen molar-refractivity contribution in [3.63, 3.8) is 0 Å². The highest BCUT2D eigenvalue weighted by molar-refractivity contribution is 6.31. The lowest BCUT2D eigenvalue weighted by Gasteiger charge is -2.18. The number of benzene rings is 2. The molecule has 0 aliphatic heterocycles. The second kappa shape index (κ2) is 8.18. The largest absolute Gasteiger partial charge is 0.493 e. The van der Waals surface area contributed by atoms with E-state index in [0.717, 1.165) is 18.5 Å². The monoisotopic (exact) mass is 337 g/mol. The molecule has 0 fully saturated rings. The van der Waals surface area contributed by atoms with Gasteiger partial charge in [-0.05, 0) is 43.3 Å². The van der Waals surface area contributed by atoms with Crippen molar-refractivity contribution in [1.82, 2.24) is 4.90 Å². The summed E-state index contributed by atoms with van der Waals surface area (Å²) in [6.07, 6.45) is 0.822. The van der Waals surface area contributed by atoms with Gasteiger partial charge in [0.1, 0.15) is 5.82 Å². The zero-order valence-corrected chi connectivity index (χ0v) is 14.4. The number of methoxy groups -OCH3 is 2. The van der Waals surface area contributed by atoms with Crippen LogP contribution in [0.4, 0.5) is 4.39 Å². The van der Waals surface area contributed by atoms with Crippen LogP contribution < -0.4 is 9.47 Å². The van der Waals surface area contributed by atoms with Crippen LogP contribution in [-0.4, -0.2) is 32.7 Å². The van der Waals surface area contributed by atoms with E-state index in [9.17, 15) is 4.39 Å². The average Bonchev–Trinajstić information content (AvgIpc) is 2.56. The predicted octanol–water partition coefficient (Wildman–Crippen LogP) is 4.17. The molecule has 0 aliphatic carbocycles. The highest BCUT2D eigenvalue weighted by Gasteiger charge is 2.10. The Morgan fingerprint density at radius 1 is 1.09 bits per heavy atom. The Morgan fingerprint density at radius 3 is 2.48 bits per heavy atom. The molecule has 0 atom stereocenters. The SMILES string of the molecule is COc1ccc(CCN(C)Cc2c(F)cccc2Cl)cc1OC. The van der Waals surface area contributed by atoms with E-state index in [0.29, 0.717) is 28.6 Å². The van der Waals surface area contributed by atoms with Gasteiger partial charge in [0.05, 0.1) is 14.2 Å². The predicted molar refractivity (Wildman–Crippen MR) is 91.0 cm³/mol. The Kier molecular flexibility index (Phi) is 6.25. The first-order valence-corrected chi connectivity index (χ1v) is 7.75. The highest BCUT2D eigenvalue weighted by Crippen LogP contribution is 2.28. The van der Waals surface area contributed by atoms with Gasteiger partial charge in [-0.25, -0.2) is 4.39 Å². The summed E-state index contributed by atoms with van der Waals surface area (Å²) >= 11 is 6.07. The van der Waals surface area contributed by atoms with E-state index in [-0.39, 0.29) is 5.82 Å². The van der Waals surface area contributed by atoms with Crippen molar-refractivity contribution < 1.29 is 13.9 Å². The van der Waals surface area contributed by atoms with E-state index in [4.69, 9.17) is 21.1 Å². The van der Waals surface area contributed by atoms with Gasteiger partial charge in [0, 0.05) is 23.7 Å². The van der Waals surface area contributed by atoms with Crippen LogP contribution in [0.5, 0.6) is 11.5 Å². The number of hydrogen-bond donors (Lipinski definition) is 0. The summed E-state index contributed by atoms with van der Waals surface area (Å²) in [5.41, 5.74) is 1.66. The van der Waals surface area contributed by atoms with Gasteiger partial charge in [0.15, 0.2) is 11.5 Å². The minimum Gasteiger partial charge on any atom is -0.493 e. The molecule has 0 aromatic heterocycles. The van der Waals surface area contributed by atoms with E-state index in [1.54, 1.807) is 26.4 Å². The number of nitrogens with zero attached hydrogens (tertiary/aromatic N) is 1. The van der Waals surface area contributed by atoms with Crippen LogP contribution in [0.25, 0.3) is 0 Å². The van der Waals surface area contributed by atoms with Crippen molar-refractivity contribution in [2.45, 2.75) is 13.0 Å². The summed E-state index contributed by atoms with van der Waals surface area (Å²) in [5.74, 6) is 1.16. The van der Waals surface area contributed by atoms with Gasteiger partial charge >= 0.3 is 0 Å². The van der Waals surface area contributed by atoms with Crippen LogP contribution >= 0.6 is 11.6 Å². The maximum Gasteiger partial charge on any atom is 0.160 e. The fourth-order valence-corrected chi connectivity index (χ4v) is 2.61. The summed E-state index contributed by atoms with van der Waals surface area (Å²) in [6, 6.07) is 10.6. The molecule has 0 heterocycles. The van der Waals surface area contributed by atoms with Crippen molar-refractivity contribution in [2.24, 2.45) is 0 Å². The Balaban J connectivity index is 1.98. The van der Waals surface area contributed by atoms with Crippen molar-refractivity contribution in [3.05, 3.63) is 58.4 Å². The number of likely N-dealkylation sites (N-methyl/N-ethyl adjacent to an activating group) is 1. The first-order chi connectivity index (χ1) is 11.0. The Hall–Kier alpha value is -1.78. The molecule has 124 valence electrons. The zero-order valence-electron chi connectivity index (χ0n) is 13.6. The fourth-order valence-electron chi connectivity index (χ4n) is 2.39. The van der Waals surface area contributed by atoms with Gasteiger partial charge in [-0.1, -0.05) is 23.7 Å². The molecule has 5 heteroatoms.